The van der Waals surface area contributed by atoms with Gasteiger partial charge in [0.2, 0.25) is 5.76 Å². The molecule has 1 N–H and O–H groups in total. The first kappa shape index (κ1) is 12.2. The Kier molecular flexibility index (Phi) is 2.87. The van der Waals surface area contributed by atoms with Crippen LogP contribution in [0.15, 0.2) is 52.9 Å². The summed E-state index contributed by atoms with van der Waals surface area (Å²) >= 11 is 0. The van der Waals surface area contributed by atoms with Crippen molar-refractivity contribution in [2.75, 3.05) is 0 Å². The van der Waals surface area contributed by atoms with Crippen molar-refractivity contribution in [2.45, 2.75) is 0 Å². The molecule has 0 bridgehead atoms. The molecule has 0 aliphatic heterocycles. The number of benzene rings is 2. The fourth-order valence-electron chi connectivity index (χ4n) is 1.83. The smallest absolute Gasteiger partial charge is 0.371 e. The molecule has 0 spiro atoms. The summed E-state index contributed by atoms with van der Waals surface area (Å²) in [6, 6.07) is 12.0. The van der Waals surface area contributed by atoms with Gasteiger partial charge in [-0.1, -0.05) is 0 Å². The van der Waals surface area contributed by atoms with Crippen molar-refractivity contribution in [2.24, 2.45) is 0 Å². The molecule has 0 aliphatic rings. The van der Waals surface area contributed by atoms with Crippen molar-refractivity contribution in [3.63, 3.8) is 0 Å². The van der Waals surface area contributed by atoms with E-state index >= 15 is 0 Å². The Morgan fingerprint density at radius 1 is 1.05 bits per heavy atom. The van der Waals surface area contributed by atoms with E-state index in [1.807, 2.05) is 0 Å². The molecular formula is C15H9FO4. The molecule has 0 fully saturated rings. The standard InChI is InChI=1S/C15H9FO4/c16-10-1-3-11(4-2-10)19-12-5-6-13-9(7-12)8-14(20-13)15(17)18/h1-8H,(H,17,18). The molecule has 3 rings (SSSR count). The number of hydrogen-bond donors (Lipinski definition) is 1. The predicted molar refractivity (Wildman–Crippen MR) is 69.6 cm³/mol. The zero-order chi connectivity index (χ0) is 14.1. The summed E-state index contributed by atoms with van der Waals surface area (Å²) in [5.74, 6) is -0.579. The van der Waals surface area contributed by atoms with Crippen molar-refractivity contribution in [3.8, 4) is 11.5 Å². The number of aromatic carboxylic acids is 1. The summed E-state index contributed by atoms with van der Waals surface area (Å²) in [4.78, 5) is 10.8. The Morgan fingerprint density at radius 3 is 2.45 bits per heavy atom. The van der Waals surface area contributed by atoms with Gasteiger partial charge < -0.3 is 14.3 Å². The van der Waals surface area contributed by atoms with E-state index in [9.17, 15) is 9.18 Å². The minimum absolute atomic E-state index is 0.126. The SMILES string of the molecule is O=C(O)c1cc2cc(Oc3ccc(F)cc3)ccc2o1. The van der Waals surface area contributed by atoms with Gasteiger partial charge in [-0.25, -0.2) is 9.18 Å². The molecule has 2 aromatic carbocycles. The third-order valence-corrected chi connectivity index (χ3v) is 2.75. The van der Waals surface area contributed by atoms with Gasteiger partial charge in [-0.15, -0.1) is 0 Å². The minimum atomic E-state index is -1.12. The van der Waals surface area contributed by atoms with Crippen molar-refractivity contribution in [1.82, 2.24) is 0 Å². The van der Waals surface area contributed by atoms with E-state index in [0.717, 1.165) is 0 Å². The highest BCUT2D eigenvalue weighted by atomic mass is 19.1. The van der Waals surface area contributed by atoms with Crippen molar-refractivity contribution in [3.05, 3.63) is 60.1 Å². The molecule has 1 aromatic heterocycles. The van der Waals surface area contributed by atoms with Gasteiger partial charge in [0.1, 0.15) is 22.9 Å². The van der Waals surface area contributed by atoms with Gasteiger partial charge in [-0.2, -0.15) is 0 Å². The quantitative estimate of drug-likeness (QED) is 0.781. The molecule has 4 nitrogen and oxygen atoms in total. The average Bonchev–Trinajstić information content (AvgIpc) is 2.85. The maximum Gasteiger partial charge on any atom is 0.371 e. The lowest BCUT2D eigenvalue weighted by molar-refractivity contribution is 0.0665. The van der Waals surface area contributed by atoms with Gasteiger partial charge in [-0.05, 0) is 48.5 Å². The van der Waals surface area contributed by atoms with E-state index < -0.39 is 5.97 Å². The Balaban J connectivity index is 1.92. The largest absolute Gasteiger partial charge is 0.475 e. The molecule has 0 atom stereocenters. The van der Waals surface area contributed by atoms with Gasteiger partial charge in [0.15, 0.2) is 0 Å². The first-order valence-corrected chi connectivity index (χ1v) is 5.82. The number of ether oxygens (including phenoxy) is 1. The van der Waals surface area contributed by atoms with Crippen LogP contribution >= 0.6 is 0 Å². The maximum atomic E-state index is 12.8. The van der Waals surface area contributed by atoms with E-state index in [1.165, 1.54) is 30.3 Å². The molecule has 1 heterocycles. The van der Waals surface area contributed by atoms with E-state index in [-0.39, 0.29) is 11.6 Å². The van der Waals surface area contributed by atoms with Crippen molar-refractivity contribution in [1.29, 1.82) is 0 Å². The van der Waals surface area contributed by atoms with Gasteiger partial charge in [-0.3, -0.25) is 0 Å². The molecule has 100 valence electrons. The Hall–Kier alpha value is -2.82. The lowest BCUT2D eigenvalue weighted by Crippen LogP contribution is -1.91. The number of carbonyl (C=O) groups is 1. The summed E-state index contributed by atoms with van der Waals surface area (Å²) in [5.41, 5.74) is 0.467. The van der Waals surface area contributed by atoms with Crippen LogP contribution in [0.4, 0.5) is 4.39 Å². The Bertz CT molecular complexity index is 774. The second-order valence-electron chi connectivity index (χ2n) is 4.17. The minimum Gasteiger partial charge on any atom is -0.475 e. The molecule has 0 unspecified atom stereocenters. The summed E-state index contributed by atoms with van der Waals surface area (Å²) in [6.45, 7) is 0. The van der Waals surface area contributed by atoms with E-state index in [0.29, 0.717) is 22.5 Å². The van der Waals surface area contributed by atoms with Crippen LogP contribution in [0.5, 0.6) is 11.5 Å². The van der Waals surface area contributed by atoms with Crippen LogP contribution in [0.2, 0.25) is 0 Å². The summed E-state index contributed by atoms with van der Waals surface area (Å²) in [5, 5.41) is 9.48. The van der Waals surface area contributed by atoms with Crippen LogP contribution in [0.1, 0.15) is 10.6 Å². The maximum absolute atomic E-state index is 12.8. The first-order valence-electron chi connectivity index (χ1n) is 5.82. The summed E-state index contributed by atoms with van der Waals surface area (Å²) in [7, 11) is 0. The second-order valence-corrected chi connectivity index (χ2v) is 4.17. The van der Waals surface area contributed by atoms with Crippen LogP contribution in [0.3, 0.4) is 0 Å². The molecule has 0 saturated carbocycles. The molecule has 0 radical (unpaired) electrons. The molecule has 3 aromatic rings. The summed E-state index contributed by atoms with van der Waals surface area (Å²) in [6.07, 6.45) is 0. The Labute approximate surface area is 113 Å². The van der Waals surface area contributed by atoms with Crippen LogP contribution in [0.25, 0.3) is 11.0 Å². The zero-order valence-electron chi connectivity index (χ0n) is 10.2. The highest BCUT2D eigenvalue weighted by Gasteiger charge is 2.11. The molecule has 20 heavy (non-hydrogen) atoms. The van der Waals surface area contributed by atoms with Crippen LogP contribution in [-0.4, -0.2) is 11.1 Å². The van der Waals surface area contributed by atoms with Gasteiger partial charge in [0, 0.05) is 5.39 Å². The Morgan fingerprint density at radius 2 is 1.75 bits per heavy atom. The lowest BCUT2D eigenvalue weighted by atomic mass is 10.2. The number of halogens is 1. The van der Waals surface area contributed by atoms with Gasteiger partial charge in [0.25, 0.3) is 0 Å². The lowest BCUT2D eigenvalue weighted by Gasteiger charge is -2.05. The van der Waals surface area contributed by atoms with Crippen LogP contribution in [-0.2, 0) is 0 Å². The third-order valence-electron chi connectivity index (χ3n) is 2.75. The van der Waals surface area contributed by atoms with Gasteiger partial charge in [0.05, 0.1) is 0 Å². The molecular weight excluding hydrogens is 263 g/mol. The molecule has 0 amide bonds. The number of furan rings is 1. The normalized spacial score (nSPS) is 10.7. The molecule has 5 heteroatoms. The zero-order valence-corrected chi connectivity index (χ0v) is 10.2. The number of fused-ring (bicyclic) bond motifs is 1. The van der Waals surface area contributed by atoms with Crippen LogP contribution < -0.4 is 4.74 Å². The molecule has 0 saturated heterocycles. The van der Waals surface area contributed by atoms with E-state index in [2.05, 4.69) is 0 Å². The highest BCUT2D eigenvalue weighted by molar-refractivity contribution is 5.91. The number of carboxylic acids is 1. The molecule has 0 aliphatic carbocycles. The fraction of sp³-hybridized carbons (Fsp3) is 0. The van der Waals surface area contributed by atoms with E-state index in [1.54, 1.807) is 18.2 Å². The topological polar surface area (TPSA) is 59.7 Å². The van der Waals surface area contributed by atoms with Crippen molar-refractivity contribution >= 4 is 16.9 Å². The van der Waals surface area contributed by atoms with Crippen LogP contribution in [0, 0.1) is 5.82 Å². The third kappa shape index (κ3) is 2.33. The monoisotopic (exact) mass is 272 g/mol. The fourth-order valence-corrected chi connectivity index (χ4v) is 1.83. The highest BCUT2D eigenvalue weighted by Crippen LogP contribution is 2.27. The van der Waals surface area contributed by atoms with Crippen molar-refractivity contribution < 1.29 is 23.4 Å². The number of carboxylic acid groups (broad SMARTS) is 1. The number of hydrogen-bond acceptors (Lipinski definition) is 3. The first-order chi connectivity index (χ1) is 9.61. The van der Waals surface area contributed by atoms with Gasteiger partial charge >= 0.3 is 5.97 Å². The van der Waals surface area contributed by atoms with E-state index in [4.69, 9.17) is 14.3 Å². The summed E-state index contributed by atoms with van der Waals surface area (Å²) < 4.78 is 23.5. The average molecular weight is 272 g/mol. The second kappa shape index (κ2) is 4.70. The number of rotatable bonds is 3. The predicted octanol–water partition coefficient (Wildman–Crippen LogP) is 4.06.